The minimum Gasteiger partial charge on any atom is -0.310 e. The Morgan fingerprint density at radius 2 is 2.25 bits per heavy atom. The molecule has 0 saturated heterocycles. The minimum absolute atomic E-state index is 0.424. The number of benzene rings is 1. The van der Waals surface area contributed by atoms with E-state index in [2.05, 4.69) is 35.3 Å². The van der Waals surface area contributed by atoms with Gasteiger partial charge in [-0.2, -0.15) is 10.4 Å². The summed E-state index contributed by atoms with van der Waals surface area (Å²) >= 11 is 1.45. The molecule has 2 rings (SSSR count). The molecule has 0 fully saturated rings. The lowest BCUT2D eigenvalue weighted by Crippen LogP contribution is -2.21. The molecule has 0 aliphatic heterocycles. The average Bonchev–Trinajstić information content (AvgIpc) is 2.83. The number of hydrogen-bond donors (Lipinski definition) is 1. The molecule has 1 heterocycles. The summed E-state index contributed by atoms with van der Waals surface area (Å²) in [6.07, 6.45) is 1.51. The number of nitrogens with one attached hydrogen (secondary N) is 1. The van der Waals surface area contributed by atoms with Crippen LogP contribution in [0.4, 0.5) is 0 Å². The molecule has 0 atom stereocenters. The molecule has 104 valence electrons. The van der Waals surface area contributed by atoms with E-state index in [4.69, 9.17) is 0 Å². The van der Waals surface area contributed by atoms with Gasteiger partial charge in [0.05, 0.1) is 5.56 Å². The van der Waals surface area contributed by atoms with Gasteiger partial charge in [0, 0.05) is 24.5 Å². The first-order valence-corrected chi connectivity index (χ1v) is 7.20. The summed E-state index contributed by atoms with van der Waals surface area (Å²) in [6, 6.07) is 8.60. The van der Waals surface area contributed by atoms with Crippen molar-refractivity contribution in [2.24, 2.45) is 7.05 Å². The van der Waals surface area contributed by atoms with Gasteiger partial charge in [0.15, 0.2) is 5.16 Å². The van der Waals surface area contributed by atoms with Crippen molar-refractivity contribution in [1.29, 1.82) is 5.26 Å². The molecule has 1 N–H and O–H groups in total. The van der Waals surface area contributed by atoms with Crippen molar-refractivity contribution in [2.75, 3.05) is 0 Å². The highest BCUT2D eigenvalue weighted by Crippen LogP contribution is 2.28. The maximum absolute atomic E-state index is 9.29. The molecule has 0 bridgehead atoms. The van der Waals surface area contributed by atoms with Gasteiger partial charge in [-0.1, -0.05) is 19.9 Å². The number of aryl methyl sites for hydroxylation is 1. The van der Waals surface area contributed by atoms with E-state index >= 15 is 0 Å². The van der Waals surface area contributed by atoms with Crippen molar-refractivity contribution < 1.29 is 0 Å². The summed E-state index contributed by atoms with van der Waals surface area (Å²) in [5, 5.41) is 17.4. The van der Waals surface area contributed by atoms with Crippen LogP contribution in [0.1, 0.15) is 25.0 Å². The Labute approximate surface area is 123 Å². The van der Waals surface area contributed by atoms with E-state index in [1.807, 2.05) is 25.2 Å². The Kier molecular flexibility index (Phi) is 4.77. The molecule has 2 aromatic rings. The highest BCUT2D eigenvalue weighted by Gasteiger charge is 2.09. The van der Waals surface area contributed by atoms with E-state index in [0.717, 1.165) is 22.2 Å². The van der Waals surface area contributed by atoms with Crippen LogP contribution in [0.3, 0.4) is 0 Å². The van der Waals surface area contributed by atoms with E-state index in [9.17, 15) is 5.26 Å². The lowest BCUT2D eigenvalue weighted by atomic mass is 10.1. The fourth-order valence-electron chi connectivity index (χ4n) is 1.66. The second-order valence-corrected chi connectivity index (χ2v) is 5.76. The fraction of sp³-hybridized carbons (Fsp3) is 0.357. The molecule has 0 saturated carbocycles. The van der Waals surface area contributed by atoms with E-state index in [-0.39, 0.29) is 0 Å². The summed E-state index contributed by atoms with van der Waals surface area (Å²) in [6.45, 7) is 4.97. The molecule has 1 aromatic carbocycles. The molecule has 6 heteroatoms. The zero-order chi connectivity index (χ0) is 14.5. The third-order valence-electron chi connectivity index (χ3n) is 2.75. The van der Waals surface area contributed by atoms with Crippen molar-refractivity contribution in [1.82, 2.24) is 20.1 Å². The van der Waals surface area contributed by atoms with Crippen LogP contribution < -0.4 is 5.32 Å². The predicted octanol–water partition coefficient (Wildman–Crippen LogP) is 2.34. The van der Waals surface area contributed by atoms with Crippen molar-refractivity contribution in [2.45, 2.75) is 36.5 Å². The predicted molar refractivity (Wildman–Crippen MR) is 78.3 cm³/mol. The summed E-state index contributed by atoms with van der Waals surface area (Å²) in [5.74, 6) is 0. The number of nitrogens with zero attached hydrogens (tertiary/aromatic N) is 4. The summed E-state index contributed by atoms with van der Waals surface area (Å²) in [7, 11) is 1.84. The van der Waals surface area contributed by atoms with Crippen LogP contribution in [0.15, 0.2) is 34.6 Å². The Balaban J connectivity index is 2.18. The van der Waals surface area contributed by atoms with Crippen LogP contribution in [0.25, 0.3) is 0 Å². The Morgan fingerprint density at radius 3 is 2.85 bits per heavy atom. The van der Waals surface area contributed by atoms with Gasteiger partial charge in [-0.3, -0.25) is 0 Å². The first-order valence-electron chi connectivity index (χ1n) is 6.38. The highest BCUT2D eigenvalue weighted by molar-refractivity contribution is 7.99. The molecule has 5 nitrogen and oxygen atoms in total. The first-order chi connectivity index (χ1) is 9.60. The molecule has 0 amide bonds. The minimum atomic E-state index is 0.424. The quantitative estimate of drug-likeness (QED) is 0.914. The van der Waals surface area contributed by atoms with Crippen LogP contribution in [-0.4, -0.2) is 20.8 Å². The molecule has 20 heavy (non-hydrogen) atoms. The van der Waals surface area contributed by atoms with Crippen molar-refractivity contribution in [3.05, 3.63) is 35.7 Å². The van der Waals surface area contributed by atoms with Crippen molar-refractivity contribution >= 4 is 11.8 Å². The van der Waals surface area contributed by atoms with E-state index < -0.39 is 0 Å². The van der Waals surface area contributed by atoms with Crippen LogP contribution in [0.5, 0.6) is 0 Å². The SMILES string of the molecule is CC(C)NCc1ccc(Sc2ncnn2C)c(C#N)c1. The van der Waals surface area contributed by atoms with Crippen LogP contribution in [0.2, 0.25) is 0 Å². The lowest BCUT2D eigenvalue weighted by Gasteiger charge is -2.09. The van der Waals surface area contributed by atoms with Crippen LogP contribution in [-0.2, 0) is 13.6 Å². The lowest BCUT2D eigenvalue weighted by molar-refractivity contribution is 0.588. The number of rotatable bonds is 5. The van der Waals surface area contributed by atoms with E-state index in [1.54, 1.807) is 4.68 Å². The smallest absolute Gasteiger partial charge is 0.190 e. The number of aromatic nitrogens is 3. The Bertz CT molecular complexity index is 627. The molecular weight excluding hydrogens is 270 g/mol. The van der Waals surface area contributed by atoms with Gasteiger partial charge >= 0.3 is 0 Å². The zero-order valence-corrected chi connectivity index (χ0v) is 12.6. The van der Waals surface area contributed by atoms with Gasteiger partial charge in [0.25, 0.3) is 0 Å². The average molecular weight is 287 g/mol. The maximum Gasteiger partial charge on any atom is 0.190 e. The Morgan fingerprint density at radius 1 is 1.45 bits per heavy atom. The molecular formula is C14H17N5S. The Hall–Kier alpha value is -1.84. The normalized spacial score (nSPS) is 10.8. The monoisotopic (exact) mass is 287 g/mol. The molecule has 0 spiro atoms. The van der Waals surface area contributed by atoms with Gasteiger partial charge in [0.2, 0.25) is 0 Å². The third-order valence-corrected chi connectivity index (χ3v) is 3.88. The van der Waals surface area contributed by atoms with Gasteiger partial charge in [-0.15, -0.1) is 0 Å². The number of nitriles is 1. The molecule has 0 unspecified atom stereocenters. The molecule has 1 aromatic heterocycles. The fourth-order valence-corrected chi connectivity index (χ4v) is 2.49. The van der Waals surface area contributed by atoms with Crippen LogP contribution >= 0.6 is 11.8 Å². The standard InChI is InChI=1S/C14H17N5S/c1-10(2)16-8-11-4-5-13(12(6-11)7-15)20-14-17-9-18-19(14)3/h4-6,9-10,16H,8H2,1-3H3. The van der Waals surface area contributed by atoms with Crippen molar-refractivity contribution in [3.63, 3.8) is 0 Å². The number of hydrogen-bond acceptors (Lipinski definition) is 5. The summed E-state index contributed by atoms with van der Waals surface area (Å²) in [4.78, 5) is 5.06. The zero-order valence-electron chi connectivity index (χ0n) is 11.8. The van der Waals surface area contributed by atoms with E-state index in [1.165, 1.54) is 18.1 Å². The van der Waals surface area contributed by atoms with Crippen LogP contribution in [0, 0.1) is 11.3 Å². The van der Waals surface area contributed by atoms with Gasteiger partial charge in [-0.05, 0) is 29.5 Å². The van der Waals surface area contributed by atoms with E-state index in [0.29, 0.717) is 11.6 Å². The molecule has 0 aliphatic carbocycles. The highest BCUT2D eigenvalue weighted by atomic mass is 32.2. The second kappa shape index (κ2) is 6.55. The second-order valence-electron chi connectivity index (χ2n) is 4.75. The van der Waals surface area contributed by atoms with Crippen molar-refractivity contribution in [3.8, 4) is 6.07 Å². The third kappa shape index (κ3) is 3.59. The largest absolute Gasteiger partial charge is 0.310 e. The van der Waals surface area contributed by atoms with Gasteiger partial charge in [-0.25, -0.2) is 9.67 Å². The first kappa shape index (κ1) is 14.6. The molecule has 0 radical (unpaired) electrons. The maximum atomic E-state index is 9.29. The topological polar surface area (TPSA) is 66.5 Å². The molecule has 0 aliphatic rings. The summed E-state index contributed by atoms with van der Waals surface area (Å²) in [5.41, 5.74) is 1.78. The van der Waals surface area contributed by atoms with Gasteiger partial charge in [0.1, 0.15) is 12.4 Å². The summed E-state index contributed by atoms with van der Waals surface area (Å²) < 4.78 is 1.69. The van der Waals surface area contributed by atoms with Gasteiger partial charge < -0.3 is 5.32 Å².